The van der Waals surface area contributed by atoms with Gasteiger partial charge in [0.15, 0.2) is 5.65 Å². The highest BCUT2D eigenvalue weighted by atomic mass is 19.1. The Labute approximate surface area is 202 Å². The maximum absolute atomic E-state index is 13.2. The Morgan fingerprint density at radius 1 is 1.17 bits per heavy atom. The highest BCUT2D eigenvalue weighted by Gasteiger charge is 2.17. The minimum atomic E-state index is -0.366. The lowest BCUT2D eigenvalue weighted by Gasteiger charge is -2.11. The van der Waals surface area contributed by atoms with Crippen molar-refractivity contribution in [1.82, 2.24) is 29.7 Å². The first-order valence-electron chi connectivity index (χ1n) is 11.4. The molecule has 0 spiro atoms. The summed E-state index contributed by atoms with van der Waals surface area (Å²) < 4.78 is 16.5. The molecule has 0 saturated carbocycles. The Morgan fingerprint density at radius 3 is 2.63 bits per heavy atom. The van der Waals surface area contributed by atoms with Gasteiger partial charge in [0.2, 0.25) is 5.91 Å². The Balaban J connectivity index is 1.32. The van der Waals surface area contributed by atoms with Crippen LogP contribution in [0.3, 0.4) is 0 Å². The Morgan fingerprint density at radius 2 is 1.91 bits per heavy atom. The Bertz CT molecular complexity index is 1430. The summed E-state index contributed by atoms with van der Waals surface area (Å²) in [5.41, 5.74) is 12.1. The van der Waals surface area contributed by atoms with E-state index in [4.69, 9.17) is 5.73 Å². The van der Waals surface area contributed by atoms with Crippen molar-refractivity contribution in [3.8, 4) is 11.8 Å². The van der Waals surface area contributed by atoms with Gasteiger partial charge < -0.3 is 11.1 Å². The van der Waals surface area contributed by atoms with Crippen LogP contribution in [0.4, 0.5) is 10.2 Å². The van der Waals surface area contributed by atoms with E-state index in [-0.39, 0.29) is 17.5 Å². The lowest BCUT2D eigenvalue weighted by Crippen LogP contribution is -2.25. The van der Waals surface area contributed by atoms with Crippen molar-refractivity contribution in [2.24, 2.45) is 0 Å². The van der Waals surface area contributed by atoms with Gasteiger partial charge in [-0.3, -0.25) is 4.79 Å². The average Bonchev–Trinajstić information content (AvgIpc) is 3.35. The van der Waals surface area contributed by atoms with Crippen molar-refractivity contribution < 1.29 is 9.18 Å². The van der Waals surface area contributed by atoms with Crippen LogP contribution in [0, 0.1) is 37.9 Å². The Hall–Kier alpha value is -4.26. The molecule has 9 nitrogen and oxygen atoms in total. The number of nitriles is 1. The molecule has 0 unspecified atom stereocenters. The zero-order chi connectivity index (χ0) is 25.1. The van der Waals surface area contributed by atoms with Crippen LogP contribution in [-0.4, -0.2) is 36.8 Å². The number of nitrogens with one attached hydrogen (secondary N) is 1. The molecule has 0 radical (unpaired) electrons. The van der Waals surface area contributed by atoms with Crippen LogP contribution < -0.4 is 11.1 Å². The summed E-state index contributed by atoms with van der Waals surface area (Å²) in [5.74, 6) is -0.214. The summed E-state index contributed by atoms with van der Waals surface area (Å²) in [5, 5.41) is 21.4. The molecule has 0 aliphatic carbocycles. The smallest absolute Gasteiger partial charge is 0.220 e. The molecule has 0 bridgehead atoms. The lowest BCUT2D eigenvalue weighted by atomic mass is 10.1. The molecule has 4 aromatic rings. The molecular weight excluding hydrogens is 447 g/mol. The first-order chi connectivity index (χ1) is 16.8. The second-order valence-corrected chi connectivity index (χ2v) is 8.48. The van der Waals surface area contributed by atoms with Crippen LogP contribution in [0.5, 0.6) is 0 Å². The predicted octanol–water partition coefficient (Wildman–Crippen LogP) is 3.11. The van der Waals surface area contributed by atoms with E-state index >= 15 is 0 Å². The monoisotopic (exact) mass is 474 g/mol. The van der Waals surface area contributed by atoms with E-state index in [1.165, 1.54) is 16.8 Å². The SMILES string of the molecule is Cc1cc2nc(C)c(CCC(=O)NCCCc3nn(-c4ccc(F)cc4)c(N)c3C#N)c(C)n2n1. The van der Waals surface area contributed by atoms with Crippen LogP contribution in [0.25, 0.3) is 11.3 Å². The van der Waals surface area contributed by atoms with Crippen molar-refractivity contribution in [2.45, 2.75) is 46.5 Å². The van der Waals surface area contributed by atoms with Crippen molar-refractivity contribution in [3.63, 3.8) is 0 Å². The molecule has 3 heterocycles. The van der Waals surface area contributed by atoms with Gasteiger partial charge in [0.1, 0.15) is 23.3 Å². The summed E-state index contributed by atoms with van der Waals surface area (Å²) in [4.78, 5) is 17.0. The molecule has 180 valence electrons. The number of hydrogen-bond acceptors (Lipinski definition) is 6. The fraction of sp³-hybridized carbons (Fsp3) is 0.320. The molecule has 3 aromatic heterocycles. The van der Waals surface area contributed by atoms with Gasteiger partial charge in [-0.15, -0.1) is 0 Å². The normalized spacial score (nSPS) is 11.1. The van der Waals surface area contributed by atoms with E-state index < -0.39 is 0 Å². The minimum Gasteiger partial charge on any atom is -0.382 e. The summed E-state index contributed by atoms with van der Waals surface area (Å²) in [6.45, 7) is 6.31. The number of aryl methyl sites for hydroxylation is 4. The lowest BCUT2D eigenvalue weighted by molar-refractivity contribution is -0.121. The van der Waals surface area contributed by atoms with Gasteiger partial charge in [-0.2, -0.15) is 15.5 Å². The molecule has 0 aliphatic rings. The molecular formula is C25H27FN8O. The number of anilines is 1. The third kappa shape index (κ3) is 4.99. The van der Waals surface area contributed by atoms with Gasteiger partial charge >= 0.3 is 0 Å². The fourth-order valence-corrected chi connectivity index (χ4v) is 4.17. The second kappa shape index (κ2) is 9.93. The standard InChI is InChI=1S/C25H27FN8O/c1-15-13-23-30-16(2)20(17(3)33(23)31-15)10-11-24(35)29-12-4-5-22-21(14-27)25(28)34(32-22)19-8-6-18(26)7-9-19/h6-9,13H,4-5,10-12,28H2,1-3H3,(H,29,35). The van der Waals surface area contributed by atoms with Gasteiger partial charge in [0.25, 0.3) is 0 Å². The summed E-state index contributed by atoms with van der Waals surface area (Å²) in [7, 11) is 0. The van der Waals surface area contributed by atoms with Crippen LogP contribution in [0.2, 0.25) is 0 Å². The third-order valence-electron chi connectivity index (χ3n) is 5.98. The van der Waals surface area contributed by atoms with E-state index in [0.29, 0.717) is 49.2 Å². The van der Waals surface area contributed by atoms with E-state index in [0.717, 1.165) is 28.3 Å². The molecule has 0 atom stereocenters. The van der Waals surface area contributed by atoms with E-state index in [9.17, 15) is 14.4 Å². The molecule has 35 heavy (non-hydrogen) atoms. The highest BCUT2D eigenvalue weighted by Crippen LogP contribution is 2.22. The average molecular weight is 475 g/mol. The second-order valence-electron chi connectivity index (χ2n) is 8.48. The number of carbonyl (C=O) groups excluding carboxylic acids is 1. The number of hydrogen-bond donors (Lipinski definition) is 2. The number of nitrogen functional groups attached to an aromatic ring is 1. The van der Waals surface area contributed by atoms with Gasteiger partial charge in [-0.05, 0) is 69.9 Å². The first-order valence-corrected chi connectivity index (χ1v) is 11.4. The van der Waals surface area contributed by atoms with Gasteiger partial charge in [0.05, 0.1) is 17.1 Å². The minimum absolute atomic E-state index is 0.0580. The molecule has 0 saturated heterocycles. The molecule has 0 aliphatic heterocycles. The molecule has 10 heteroatoms. The quantitative estimate of drug-likeness (QED) is 0.378. The van der Waals surface area contributed by atoms with E-state index in [1.807, 2.05) is 31.4 Å². The maximum Gasteiger partial charge on any atom is 0.220 e. The highest BCUT2D eigenvalue weighted by molar-refractivity contribution is 5.76. The zero-order valence-electron chi connectivity index (χ0n) is 20.0. The Kier molecular flexibility index (Phi) is 6.78. The molecule has 4 rings (SSSR count). The van der Waals surface area contributed by atoms with Crippen LogP contribution in [0.15, 0.2) is 30.3 Å². The number of fused-ring (bicyclic) bond motifs is 1. The van der Waals surface area contributed by atoms with Crippen LogP contribution in [0.1, 0.15) is 46.7 Å². The molecule has 0 fully saturated rings. The summed E-state index contributed by atoms with van der Waals surface area (Å²) >= 11 is 0. The van der Waals surface area contributed by atoms with E-state index in [1.54, 1.807) is 12.1 Å². The largest absolute Gasteiger partial charge is 0.382 e. The fourth-order valence-electron chi connectivity index (χ4n) is 4.17. The number of nitrogens with zero attached hydrogens (tertiary/aromatic N) is 6. The number of carbonyl (C=O) groups is 1. The van der Waals surface area contributed by atoms with Crippen molar-refractivity contribution in [3.05, 3.63) is 70.1 Å². The van der Waals surface area contributed by atoms with Crippen molar-refractivity contribution in [1.29, 1.82) is 5.26 Å². The molecule has 1 amide bonds. The topological polar surface area (TPSA) is 127 Å². The van der Waals surface area contributed by atoms with Gasteiger partial charge in [-0.1, -0.05) is 0 Å². The van der Waals surface area contributed by atoms with Crippen LogP contribution >= 0.6 is 0 Å². The maximum atomic E-state index is 13.2. The van der Waals surface area contributed by atoms with Crippen molar-refractivity contribution in [2.75, 3.05) is 12.3 Å². The number of halogens is 1. The van der Waals surface area contributed by atoms with Crippen LogP contribution in [-0.2, 0) is 17.6 Å². The number of nitrogens with two attached hydrogens (primary N) is 1. The van der Waals surface area contributed by atoms with E-state index in [2.05, 4.69) is 26.6 Å². The summed E-state index contributed by atoms with van der Waals surface area (Å²) in [6.07, 6.45) is 1.98. The molecule has 3 N–H and O–H groups in total. The summed E-state index contributed by atoms with van der Waals surface area (Å²) in [6, 6.07) is 9.75. The number of rotatable bonds is 8. The predicted molar refractivity (Wildman–Crippen MR) is 129 cm³/mol. The first kappa shape index (κ1) is 23.9. The zero-order valence-corrected chi connectivity index (χ0v) is 20.0. The molecule has 1 aromatic carbocycles. The van der Waals surface area contributed by atoms with Gasteiger partial charge in [-0.25, -0.2) is 18.6 Å². The van der Waals surface area contributed by atoms with Gasteiger partial charge in [0, 0.05) is 30.4 Å². The number of aromatic nitrogens is 5. The number of benzene rings is 1. The third-order valence-corrected chi connectivity index (χ3v) is 5.98. The number of amides is 1. The van der Waals surface area contributed by atoms with Crippen molar-refractivity contribution >= 4 is 17.4 Å².